The first-order valence-corrected chi connectivity index (χ1v) is 5.31. The van der Waals surface area contributed by atoms with Gasteiger partial charge in [-0.1, -0.05) is 25.2 Å². The van der Waals surface area contributed by atoms with Crippen molar-refractivity contribution in [2.75, 3.05) is 0 Å². The molecule has 0 saturated heterocycles. The Morgan fingerprint density at radius 3 is 2.40 bits per heavy atom. The van der Waals surface area contributed by atoms with Gasteiger partial charge in [-0.15, -0.1) is 6.58 Å². The van der Waals surface area contributed by atoms with Gasteiger partial charge in [0.1, 0.15) is 0 Å². The van der Waals surface area contributed by atoms with Crippen molar-refractivity contribution in [3.8, 4) is 0 Å². The molecule has 0 aliphatic heterocycles. The Bertz CT molecular complexity index is 206. The summed E-state index contributed by atoms with van der Waals surface area (Å²) in [6.07, 6.45) is 6.42. The predicted molar refractivity (Wildman–Crippen MR) is 60.9 cm³/mol. The van der Waals surface area contributed by atoms with Gasteiger partial charge in [-0.2, -0.15) is 0 Å². The number of nitrogens with two attached hydrogens (primary N) is 1. The molecule has 1 nitrogen and oxygen atoms in total. The minimum absolute atomic E-state index is 0.0642. The molecule has 15 heavy (non-hydrogen) atoms. The van der Waals surface area contributed by atoms with Gasteiger partial charge in [0.15, 0.2) is 0 Å². The zero-order valence-corrected chi connectivity index (χ0v) is 9.55. The normalized spacial score (nSPS) is 16.6. The average Bonchev–Trinajstić information content (AvgIpc) is 2.15. The van der Waals surface area contributed by atoms with E-state index < -0.39 is 5.92 Å². The molecule has 2 atom stereocenters. The third-order valence-corrected chi connectivity index (χ3v) is 2.38. The fraction of sp³-hybridized carbons (Fsp3) is 0.667. The molecule has 2 unspecified atom stereocenters. The summed E-state index contributed by atoms with van der Waals surface area (Å²) in [6, 6.07) is 0.0642. The van der Waals surface area contributed by atoms with Gasteiger partial charge in [0.25, 0.3) is 0 Å². The molecule has 0 bridgehead atoms. The molecule has 0 amide bonds. The number of rotatable bonds is 7. The van der Waals surface area contributed by atoms with Crippen molar-refractivity contribution in [1.29, 1.82) is 0 Å². The summed E-state index contributed by atoms with van der Waals surface area (Å²) >= 11 is 0. The summed E-state index contributed by atoms with van der Waals surface area (Å²) < 4.78 is 24.9. The molecule has 0 aliphatic rings. The van der Waals surface area contributed by atoms with Crippen LogP contribution >= 0.6 is 0 Å². The number of alkyl halides is 2. The molecule has 0 heterocycles. The zero-order valence-electron chi connectivity index (χ0n) is 9.55. The highest BCUT2D eigenvalue weighted by molar-refractivity contribution is 4.95. The second kappa shape index (κ2) is 6.72. The minimum Gasteiger partial charge on any atom is -0.327 e. The molecule has 0 rings (SSSR count). The first-order valence-electron chi connectivity index (χ1n) is 5.31. The topological polar surface area (TPSA) is 26.0 Å². The van der Waals surface area contributed by atoms with Gasteiger partial charge in [-0.05, 0) is 25.7 Å². The lowest BCUT2D eigenvalue weighted by molar-refractivity contribution is 0.0254. The fourth-order valence-electron chi connectivity index (χ4n) is 1.29. The third-order valence-electron chi connectivity index (χ3n) is 2.38. The first kappa shape index (κ1) is 14.3. The molecule has 0 radical (unpaired) electrons. The molecular weight excluding hydrogens is 196 g/mol. The molecule has 0 saturated carbocycles. The van der Waals surface area contributed by atoms with E-state index in [1.165, 1.54) is 6.08 Å². The maximum atomic E-state index is 12.5. The summed E-state index contributed by atoms with van der Waals surface area (Å²) in [4.78, 5) is 0. The quantitative estimate of drug-likeness (QED) is 0.649. The van der Waals surface area contributed by atoms with Crippen molar-refractivity contribution in [2.24, 2.45) is 11.7 Å². The smallest absolute Gasteiger partial charge is 0.248 e. The van der Waals surface area contributed by atoms with Gasteiger partial charge in [-0.3, -0.25) is 0 Å². The van der Waals surface area contributed by atoms with Crippen LogP contribution in [0.3, 0.4) is 0 Å². The summed E-state index contributed by atoms with van der Waals surface area (Å²) in [5.74, 6) is -2.44. The highest BCUT2D eigenvalue weighted by Gasteiger charge is 2.18. The van der Waals surface area contributed by atoms with Crippen LogP contribution in [0.15, 0.2) is 24.8 Å². The summed E-state index contributed by atoms with van der Waals surface area (Å²) in [6.45, 7) is 6.62. The molecular formula is C12H21F2N. The number of halogens is 2. The van der Waals surface area contributed by atoms with Crippen molar-refractivity contribution in [1.82, 2.24) is 0 Å². The Morgan fingerprint density at radius 1 is 1.40 bits per heavy atom. The van der Waals surface area contributed by atoms with Crippen molar-refractivity contribution in [3.63, 3.8) is 0 Å². The molecule has 3 heteroatoms. The second-order valence-electron chi connectivity index (χ2n) is 3.95. The van der Waals surface area contributed by atoms with Crippen molar-refractivity contribution >= 4 is 0 Å². The van der Waals surface area contributed by atoms with E-state index in [1.54, 1.807) is 12.2 Å². The van der Waals surface area contributed by atoms with E-state index in [4.69, 9.17) is 5.73 Å². The van der Waals surface area contributed by atoms with Crippen LogP contribution in [-0.4, -0.2) is 12.0 Å². The van der Waals surface area contributed by atoms with Crippen LogP contribution in [0.4, 0.5) is 8.78 Å². The Balaban J connectivity index is 3.96. The minimum atomic E-state index is -2.62. The lowest BCUT2D eigenvalue weighted by Gasteiger charge is -2.17. The fourth-order valence-corrected chi connectivity index (χ4v) is 1.29. The maximum absolute atomic E-state index is 12.5. The largest absolute Gasteiger partial charge is 0.327 e. The van der Waals surface area contributed by atoms with E-state index in [-0.39, 0.29) is 18.4 Å². The monoisotopic (exact) mass is 217 g/mol. The van der Waals surface area contributed by atoms with Crippen LogP contribution in [0.25, 0.3) is 0 Å². The van der Waals surface area contributed by atoms with Crippen LogP contribution in [0.1, 0.15) is 33.1 Å². The van der Waals surface area contributed by atoms with Crippen LogP contribution in [0.2, 0.25) is 0 Å². The molecule has 88 valence electrons. The Labute approximate surface area is 91.0 Å². The third kappa shape index (κ3) is 7.25. The Morgan fingerprint density at radius 2 is 2.00 bits per heavy atom. The van der Waals surface area contributed by atoms with E-state index in [2.05, 4.69) is 6.58 Å². The summed E-state index contributed by atoms with van der Waals surface area (Å²) in [5, 5.41) is 0. The van der Waals surface area contributed by atoms with E-state index in [0.29, 0.717) is 6.42 Å². The van der Waals surface area contributed by atoms with Gasteiger partial charge >= 0.3 is 0 Å². The summed E-state index contributed by atoms with van der Waals surface area (Å²) in [7, 11) is 0. The van der Waals surface area contributed by atoms with Gasteiger partial charge in [0.05, 0.1) is 0 Å². The molecule has 0 aliphatic carbocycles. The van der Waals surface area contributed by atoms with E-state index in [0.717, 1.165) is 13.3 Å². The van der Waals surface area contributed by atoms with Crippen LogP contribution in [0.5, 0.6) is 0 Å². The standard InChI is InChI=1S/C12H21F2N/c1-4-10(11(15)5-2)8-6-7-9-12(3,13)14/h4,6-7,10-11H,1,5,8-9,15H2,2-3H3/b7-6-. The van der Waals surface area contributed by atoms with Gasteiger partial charge in [-0.25, -0.2) is 8.78 Å². The van der Waals surface area contributed by atoms with Gasteiger partial charge in [0, 0.05) is 12.5 Å². The van der Waals surface area contributed by atoms with Gasteiger partial charge < -0.3 is 5.73 Å². The number of hydrogen-bond acceptors (Lipinski definition) is 1. The molecule has 0 aromatic carbocycles. The molecule has 0 spiro atoms. The zero-order chi connectivity index (χ0) is 11.9. The van der Waals surface area contributed by atoms with E-state index in [9.17, 15) is 8.78 Å². The lowest BCUT2D eigenvalue weighted by Crippen LogP contribution is -2.27. The van der Waals surface area contributed by atoms with E-state index in [1.807, 2.05) is 6.92 Å². The highest BCUT2D eigenvalue weighted by Crippen LogP contribution is 2.18. The van der Waals surface area contributed by atoms with Gasteiger partial charge in [0.2, 0.25) is 5.92 Å². The van der Waals surface area contributed by atoms with Crippen LogP contribution in [0, 0.1) is 5.92 Å². The van der Waals surface area contributed by atoms with Crippen LogP contribution < -0.4 is 5.73 Å². The first-order chi connectivity index (χ1) is 6.90. The second-order valence-corrected chi connectivity index (χ2v) is 3.95. The molecule has 0 aromatic heterocycles. The molecule has 2 N–H and O–H groups in total. The van der Waals surface area contributed by atoms with Crippen molar-refractivity contribution in [2.45, 2.75) is 45.1 Å². The SMILES string of the molecule is C=CC(C/C=C\CC(C)(F)F)C(N)CC. The Hall–Kier alpha value is -0.700. The number of hydrogen-bond donors (Lipinski definition) is 1. The predicted octanol–water partition coefficient (Wildman–Crippen LogP) is 3.52. The average molecular weight is 217 g/mol. The molecule has 0 aromatic rings. The van der Waals surface area contributed by atoms with Crippen LogP contribution in [-0.2, 0) is 0 Å². The maximum Gasteiger partial charge on any atom is 0.248 e. The Kier molecular flexibility index (Phi) is 6.41. The highest BCUT2D eigenvalue weighted by atomic mass is 19.3. The number of allylic oxidation sites excluding steroid dienone is 2. The lowest BCUT2D eigenvalue weighted by atomic mass is 9.95. The molecule has 0 fully saturated rings. The summed E-state index contributed by atoms with van der Waals surface area (Å²) in [5.41, 5.74) is 5.84. The van der Waals surface area contributed by atoms with E-state index >= 15 is 0 Å². The van der Waals surface area contributed by atoms with Crippen molar-refractivity contribution in [3.05, 3.63) is 24.8 Å². The van der Waals surface area contributed by atoms with Crippen molar-refractivity contribution < 1.29 is 8.78 Å².